The maximum Gasteiger partial charge on any atom is 0.277 e. The number of non-ortho nitro benzene ring substituents is 1. The number of nitro groups is 1. The first kappa shape index (κ1) is 20.3. The number of hydrogen-bond acceptors (Lipinski definition) is 8. The Morgan fingerprint density at radius 3 is 2.22 bits per heavy atom. The van der Waals surface area contributed by atoms with Crippen molar-refractivity contribution in [1.82, 2.24) is 10.2 Å². The minimum absolute atomic E-state index is 0.0197. The van der Waals surface area contributed by atoms with Crippen LogP contribution in [0.2, 0.25) is 0 Å². The Morgan fingerprint density at radius 2 is 1.59 bits per heavy atom. The molecule has 1 amide bonds. The second-order valence-corrected chi connectivity index (χ2v) is 8.74. The molecule has 0 fully saturated rings. The molecule has 158 valence electrons. The maximum absolute atomic E-state index is 13.2. The van der Waals surface area contributed by atoms with E-state index in [2.05, 4.69) is 10.2 Å². The molecule has 0 radical (unpaired) electrons. The average Bonchev–Trinajstić information content (AvgIpc) is 3.30. The maximum atomic E-state index is 13.2. The van der Waals surface area contributed by atoms with Gasteiger partial charge in [0.05, 0.1) is 22.1 Å². The molecule has 0 saturated carbocycles. The van der Waals surface area contributed by atoms with Gasteiger partial charge < -0.3 is 4.42 Å². The third-order valence-electron chi connectivity index (χ3n) is 4.73. The summed E-state index contributed by atoms with van der Waals surface area (Å²) in [6.07, 6.45) is 0. The number of nitrogens with zero attached hydrogens (tertiary/aromatic N) is 4. The fraction of sp³-hybridized carbons (Fsp3) is 0.0455. The fourth-order valence-electron chi connectivity index (χ4n) is 3.27. The van der Waals surface area contributed by atoms with Gasteiger partial charge in [0.15, 0.2) is 0 Å². The summed E-state index contributed by atoms with van der Waals surface area (Å²) in [5, 5.41) is 19.0. The van der Waals surface area contributed by atoms with E-state index in [1.54, 1.807) is 28.8 Å². The van der Waals surface area contributed by atoms with Crippen LogP contribution in [0.3, 0.4) is 0 Å². The van der Waals surface area contributed by atoms with Crippen LogP contribution in [0, 0.1) is 10.1 Å². The number of benzene rings is 3. The predicted octanol–water partition coefficient (Wildman–Crippen LogP) is 5.57. The van der Waals surface area contributed by atoms with Crippen molar-refractivity contribution in [1.29, 1.82) is 0 Å². The number of thioether (sulfide) groups is 1. The Bertz CT molecular complexity index is 1280. The third-order valence-corrected chi connectivity index (χ3v) is 6.67. The summed E-state index contributed by atoms with van der Waals surface area (Å²) in [4.78, 5) is 27.3. The molecular weight excluding hydrogens is 448 g/mol. The number of aromatic nitrogens is 2. The van der Waals surface area contributed by atoms with E-state index in [-0.39, 0.29) is 28.5 Å². The molecule has 0 spiro atoms. The lowest BCUT2D eigenvalue weighted by molar-refractivity contribution is -0.384. The van der Waals surface area contributed by atoms with E-state index >= 15 is 0 Å². The predicted molar refractivity (Wildman–Crippen MR) is 121 cm³/mol. The molecule has 0 saturated heterocycles. The van der Waals surface area contributed by atoms with Crippen LogP contribution in [0.15, 0.2) is 92.2 Å². The number of amides is 1. The van der Waals surface area contributed by atoms with E-state index in [1.165, 1.54) is 12.1 Å². The molecule has 0 unspecified atom stereocenters. The van der Waals surface area contributed by atoms with E-state index in [1.807, 2.05) is 48.5 Å². The van der Waals surface area contributed by atoms with Crippen LogP contribution < -0.4 is 4.90 Å². The molecule has 4 aromatic rings. The zero-order valence-corrected chi connectivity index (χ0v) is 18.0. The molecule has 2 heterocycles. The highest BCUT2D eigenvalue weighted by molar-refractivity contribution is 8.00. The molecule has 1 aliphatic rings. The molecule has 0 atom stereocenters. The lowest BCUT2D eigenvalue weighted by Gasteiger charge is -2.30. The third kappa shape index (κ3) is 3.85. The second-order valence-electron chi connectivity index (χ2n) is 6.73. The van der Waals surface area contributed by atoms with Crippen molar-refractivity contribution in [2.75, 3.05) is 10.7 Å². The number of anilines is 2. The first-order valence-electron chi connectivity index (χ1n) is 9.50. The molecule has 0 bridgehead atoms. The Kier molecular flexibility index (Phi) is 5.38. The highest BCUT2D eigenvalue weighted by Gasteiger charge is 2.28. The van der Waals surface area contributed by atoms with Gasteiger partial charge in [-0.2, -0.15) is 0 Å². The fourth-order valence-corrected chi connectivity index (χ4v) is 4.94. The van der Waals surface area contributed by atoms with Gasteiger partial charge in [0.25, 0.3) is 10.9 Å². The van der Waals surface area contributed by atoms with Gasteiger partial charge in [0, 0.05) is 27.5 Å². The van der Waals surface area contributed by atoms with Crippen LogP contribution in [0.5, 0.6) is 0 Å². The van der Waals surface area contributed by atoms with Crippen molar-refractivity contribution in [2.45, 2.75) is 15.0 Å². The SMILES string of the molecule is O=C(CSc1nnc(-c2ccc([N+](=O)[O-])cc2)o1)N1c2ccccc2Sc2ccccc21. The number of carbonyl (C=O) groups is 1. The Hall–Kier alpha value is -3.63. The average molecular weight is 463 g/mol. The second kappa shape index (κ2) is 8.48. The van der Waals surface area contributed by atoms with E-state index in [0.29, 0.717) is 5.56 Å². The highest BCUT2D eigenvalue weighted by atomic mass is 32.2. The molecule has 32 heavy (non-hydrogen) atoms. The zero-order valence-electron chi connectivity index (χ0n) is 16.4. The number of carbonyl (C=O) groups excluding carboxylic acids is 1. The minimum atomic E-state index is -0.472. The van der Waals surface area contributed by atoms with Crippen LogP contribution in [-0.2, 0) is 4.79 Å². The van der Waals surface area contributed by atoms with Gasteiger partial charge in [-0.15, -0.1) is 10.2 Å². The first-order chi connectivity index (χ1) is 15.6. The summed E-state index contributed by atoms with van der Waals surface area (Å²) in [6, 6.07) is 21.4. The summed E-state index contributed by atoms with van der Waals surface area (Å²) in [7, 11) is 0. The Morgan fingerprint density at radius 1 is 0.969 bits per heavy atom. The normalized spacial score (nSPS) is 12.2. The van der Waals surface area contributed by atoms with Crippen LogP contribution in [0.25, 0.3) is 11.5 Å². The van der Waals surface area contributed by atoms with Crippen molar-refractivity contribution in [3.05, 3.63) is 82.9 Å². The van der Waals surface area contributed by atoms with Crippen molar-refractivity contribution in [3.63, 3.8) is 0 Å². The smallest absolute Gasteiger partial charge is 0.277 e. The monoisotopic (exact) mass is 462 g/mol. The molecule has 3 aromatic carbocycles. The number of nitro benzene ring substituents is 1. The lowest BCUT2D eigenvalue weighted by atomic mass is 10.2. The summed E-state index contributed by atoms with van der Waals surface area (Å²) >= 11 is 2.79. The van der Waals surface area contributed by atoms with Crippen molar-refractivity contribution in [3.8, 4) is 11.5 Å². The zero-order chi connectivity index (χ0) is 22.1. The van der Waals surface area contributed by atoms with E-state index < -0.39 is 4.92 Å². The summed E-state index contributed by atoms with van der Waals surface area (Å²) in [5.74, 6) is 0.236. The largest absolute Gasteiger partial charge is 0.411 e. The number of rotatable bonds is 5. The van der Waals surface area contributed by atoms with Crippen LogP contribution >= 0.6 is 23.5 Å². The summed E-state index contributed by atoms with van der Waals surface area (Å²) in [6.45, 7) is 0. The molecule has 0 aliphatic carbocycles. The van der Waals surface area contributed by atoms with Gasteiger partial charge in [-0.3, -0.25) is 19.8 Å². The van der Waals surface area contributed by atoms with Gasteiger partial charge in [0.2, 0.25) is 11.8 Å². The number of hydrogen-bond donors (Lipinski definition) is 0. The minimum Gasteiger partial charge on any atom is -0.411 e. The van der Waals surface area contributed by atoms with Gasteiger partial charge in [-0.25, -0.2) is 0 Å². The summed E-state index contributed by atoms with van der Waals surface area (Å²) in [5.41, 5.74) is 2.24. The molecule has 0 N–H and O–H groups in total. The molecule has 1 aromatic heterocycles. The van der Waals surface area contributed by atoms with Crippen molar-refractivity contribution < 1.29 is 14.1 Å². The van der Waals surface area contributed by atoms with Crippen LogP contribution in [-0.4, -0.2) is 26.8 Å². The molecule has 5 rings (SSSR count). The van der Waals surface area contributed by atoms with Crippen LogP contribution in [0.4, 0.5) is 17.1 Å². The number of fused-ring (bicyclic) bond motifs is 2. The highest BCUT2D eigenvalue weighted by Crippen LogP contribution is 2.48. The molecule has 10 heteroatoms. The number of para-hydroxylation sites is 2. The van der Waals surface area contributed by atoms with Crippen molar-refractivity contribution in [2.24, 2.45) is 0 Å². The lowest BCUT2D eigenvalue weighted by Crippen LogP contribution is -2.29. The standard InChI is InChI=1S/C22H14N4O4S2/c27-20(25-16-5-1-3-7-18(16)32-19-8-4-2-6-17(19)25)13-31-22-24-23-21(30-22)14-9-11-15(12-10-14)26(28)29/h1-12H,13H2. The first-order valence-corrected chi connectivity index (χ1v) is 11.3. The summed E-state index contributed by atoms with van der Waals surface area (Å²) < 4.78 is 5.64. The van der Waals surface area contributed by atoms with Gasteiger partial charge in [-0.1, -0.05) is 47.8 Å². The van der Waals surface area contributed by atoms with Crippen molar-refractivity contribution >= 4 is 46.5 Å². The molecular formula is C22H14N4O4S2. The molecule has 1 aliphatic heterocycles. The van der Waals surface area contributed by atoms with E-state index in [4.69, 9.17) is 4.42 Å². The van der Waals surface area contributed by atoms with E-state index in [0.717, 1.165) is 32.9 Å². The molecule has 8 nitrogen and oxygen atoms in total. The van der Waals surface area contributed by atoms with E-state index in [9.17, 15) is 14.9 Å². The van der Waals surface area contributed by atoms with Gasteiger partial charge >= 0.3 is 0 Å². The van der Waals surface area contributed by atoms with Crippen LogP contribution in [0.1, 0.15) is 0 Å². The Balaban J connectivity index is 1.33. The van der Waals surface area contributed by atoms with Gasteiger partial charge in [-0.05, 0) is 36.4 Å². The quantitative estimate of drug-likeness (QED) is 0.216. The Labute approximate surface area is 190 Å². The topological polar surface area (TPSA) is 102 Å². The van der Waals surface area contributed by atoms with Gasteiger partial charge in [0.1, 0.15) is 0 Å².